The molecule has 3 N–H and O–H groups in total. The summed E-state index contributed by atoms with van der Waals surface area (Å²) >= 11 is 0. The third kappa shape index (κ3) is 2.55. The maximum absolute atomic E-state index is 11.9. The van der Waals surface area contributed by atoms with Crippen molar-refractivity contribution in [3.8, 4) is 0 Å². The van der Waals surface area contributed by atoms with Gasteiger partial charge in [-0.05, 0) is 13.8 Å². The Morgan fingerprint density at radius 1 is 1.50 bits per heavy atom. The van der Waals surface area contributed by atoms with Crippen LogP contribution >= 0.6 is 0 Å². The predicted octanol–water partition coefficient (Wildman–Crippen LogP) is -1.50. The van der Waals surface area contributed by atoms with Gasteiger partial charge in [-0.2, -0.15) is 0 Å². The van der Waals surface area contributed by atoms with E-state index in [9.17, 15) is 14.7 Å². The molecule has 2 rings (SSSR count). The van der Waals surface area contributed by atoms with E-state index in [1.807, 2.05) is 0 Å². The van der Waals surface area contributed by atoms with Gasteiger partial charge in [0, 0.05) is 18.4 Å². The third-order valence-electron chi connectivity index (χ3n) is 3.27. The number of aliphatic hydroxyl groups excluding tert-OH is 2. The molecule has 4 atom stereocenters. The Labute approximate surface area is 114 Å². The Balaban J connectivity index is 2.42. The second-order valence-corrected chi connectivity index (χ2v) is 4.64. The standard InChI is InChI=1S/C12H18N2O6/c1-3-19-9-8(16)7(5-15)20-11(9)14-4-6(2)10(17)13-12(14)18/h4,7-9,11,15-16H,3,5H2,1-2H3,(H,13,17,18). The molecule has 1 fully saturated rings. The molecule has 1 saturated heterocycles. The van der Waals surface area contributed by atoms with Gasteiger partial charge in [0.25, 0.3) is 5.56 Å². The second-order valence-electron chi connectivity index (χ2n) is 4.64. The molecule has 1 aliphatic heterocycles. The number of nitrogens with one attached hydrogen (secondary N) is 1. The maximum Gasteiger partial charge on any atom is 0.330 e. The minimum atomic E-state index is -1.05. The minimum Gasteiger partial charge on any atom is -0.394 e. The highest BCUT2D eigenvalue weighted by molar-refractivity contribution is 5.03. The van der Waals surface area contributed by atoms with Crippen molar-refractivity contribution in [3.05, 3.63) is 32.6 Å². The van der Waals surface area contributed by atoms with E-state index in [1.54, 1.807) is 13.8 Å². The summed E-state index contributed by atoms with van der Waals surface area (Å²) in [5.41, 5.74) is -0.789. The van der Waals surface area contributed by atoms with Crippen molar-refractivity contribution < 1.29 is 19.7 Å². The number of hydrogen-bond acceptors (Lipinski definition) is 6. The summed E-state index contributed by atoms with van der Waals surface area (Å²) < 4.78 is 12.0. The lowest BCUT2D eigenvalue weighted by molar-refractivity contribution is -0.0717. The van der Waals surface area contributed by atoms with Gasteiger partial charge in [0.15, 0.2) is 6.23 Å². The molecule has 1 aliphatic rings. The van der Waals surface area contributed by atoms with E-state index in [0.717, 1.165) is 4.57 Å². The van der Waals surface area contributed by atoms with E-state index < -0.39 is 42.4 Å². The monoisotopic (exact) mass is 286 g/mol. The van der Waals surface area contributed by atoms with Gasteiger partial charge in [-0.1, -0.05) is 0 Å². The van der Waals surface area contributed by atoms with Crippen LogP contribution in [0.25, 0.3) is 0 Å². The van der Waals surface area contributed by atoms with Gasteiger partial charge < -0.3 is 19.7 Å². The third-order valence-corrected chi connectivity index (χ3v) is 3.27. The molecule has 0 spiro atoms. The fourth-order valence-electron chi connectivity index (χ4n) is 2.24. The van der Waals surface area contributed by atoms with Crippen LogP contribution in [0, 0.1) is 6.92 Å². The van der Waals surface area contributed by atoms with Crippen LogP contribution in [0.3, 0.4) is 0 Å². The molecule has 4 unspecified atom stereocenters. The second kappa shape index (κ2) is 5.88. The van der Waals surface area contributed by atoms with Gasteiger partial charge in [0.05, 0.1) is 6.61 Å². The number of aryl methyl sites for hydroxylation is 1. The van der Waals surface area contributed by atoms with Crippen LogP contribution in [-0.4, -0.2) is 51.3 Å². The molecule has 0 radical (unpaired) electrons. The first-order chi connectivity index (χ1) is 9.49. The number of aromatic nitrogens is 2. The number of ether oxygens (including phenoxy) is 2. The van der Waals surface area contributed by atoms with E-state index in [1.165, 1.54) is 6.20 Å². The van der Waals surface area contributed by atoms with Crippen molar-refractivity contribution in [1.29, 1.82) is 0 Å². The van der Waals surface area contributed by atoms with Gasteiger partial charge in [-0.15, -0.1) is 0 Å². The number of hydrogen-bond donors (Lipinski definition) is 3. The molecule has 0 aromatic carbocycles. The molecule has 0 bridgehead atoms. The molecule has 8 nitrogen and oxygen atoms in total. The van der Waals surface area contributed by atoms with Crippen LogP contribution in [0.15, 0.2) is 15.8 Å². The van der Waals surface area contributed by atoms with Crippen molar-refractivity contribution in [2.45, 2.75) is 38.4 Å². The summed E-state index contributed by atoms with van der Waals surface area (Å²) in [6.07, 6.45) is -2.23. The summed E-state index contributed by atoms with van der Waals surface area (Å²) in [7, 11) is 0. The largest absolute Gasteiger partial charge is 0.394 e. The Morgan fingerprint density at radius 3 is 2.80 bits per heavy atom. The van der Waals surface area contributed by atoms with Gasteiger partial charge in [-0.25, -0.2) is 4.79 Å². The van der Waals surface area contributed by atoms with E-state index in [4.69, 9.17) is 14.6 Å². The topological polar surface area (TPSA) is 114 Å². The molecule has 0 amide bonds. The smallest absolute Gasteiger partial charge is 0.330 e. The fraction of sp³-hybridized carbons (Fsp3) is 0.667. The number of aliphatic hydroxyl groups is 2. The average Bonchev–Trinajstić information content (AvgIpc) is 2.72. The first kappa shape index (κ1) is 14.9. The van der Waals surface area contributed by atoms with Crippen LogP contribution in [0.2, 0.25) is 0 Å². The summed E-state index contributed by atoms with van der Waals surface area (Å²) in [5.74, 6) is 0. The molecule has 20 heavy (non-hydrogen) atoms. The zero-order chi connectivity index (χ0) is 14.9. The van der Waals surface area contributed by atoms with Gasteiger partial charge >= 0.3 is 5.69 Å². The summed E-state index contributed by atoms with van der Waals surface area (Å²) in [5, 5.41) is 19.2. The first-order valence-electron chi connectivity index (χ1n) is 6.37. The first-order valence-corrected chi connectivity index (χ1v) is 6.37. The normalized spacial score (nSPS) is 29.8. The van der Waals surface area contributed by atoms with Gasteiger partial charge in [-0.3, -0.25) is 14.3 Å². The molecule has 0 saturated carbocycles. The Bertz CT molecular complexity index is 580. The van der Waals surface area contributed by atoms with Crippen LogP contribution < -0.4 is 11.2 Å². The Morgan fingerprint density at radius 2 is 2.20 bits per heavy atom. The van der Waals surface area contributed by atoms with Crippen LogP contribution in [0.4, 0.5) is 0 Å². The molecular formula is C12H18N2O6. The molecule has 0 aliphatic carbocycles. The zero-order valence-electron chi connectivity index (χ0n) is 11.3. The van der Waals surface area contributed by atoms with Crippen molar-refractivity contribution >= 4 is 0 Å². The Hall–Kier alpha value is -1.48. The lowest BCUT2D eigenvalue weighted by Crippen LogP contribution is -2.40. The molecule has 1 aromatic heterocycles. The van der Waals surface area contributed by atoms with E-state index in [-0.39, 0.29) is 0 Å². The molecule has 112 valence electrons. The maximum atomic E-state index is 11.9. The average molecular weight is 286 g/mol. The van der Waals surface area contributed by atoms with Crippen LogP contribution in [0.5, 0.6) is 0 Å². The number of aromatic amines is 1. The van der Waals surface area contributed by atoms with Crippen molar-refractivity contribution in [2.75, 3.05) is 13.2 Å². The quantitative estimate of drug-likeness (QED) is 0.621. The van der Waals surface area contributed by atoms with Gasteiger partial charge in [0.2, 0.25) is 0 Å². The van der Waals surface area contributed by atoms with E-state index >= 15 is 0 Å². The van der Waals surface area contributed by atoms with Crippen molar-refractivity contribution in [2.24, 2.45) is 0 Å². The predicted molar refractivity (Wildman–Crippen MR) is 68.5 cm³/mol. The lowest BCUT2D eigenvalue weighted by atomic mass is 10.1. The summed E-state index contributed by atoms with van der Waals surface area (Å²) in [4.78, 5) is 25.4. The molecule has 8 heteroatoms. The fourth-order valence-corrected chi connectivity index (χ4v) is 2.24. The molecule has 2 heterocycles. The van der Waals surface area contributed by atoms with E-state index in [0.29, 0.717) is 12.2 Å². The van der Waals surface area contributed by atoms with Crippen molar-refractivity contribution in [1.82, 2.24) is 9.55 Å². The molecule has 1 aromatic rings. The lowest BCUT2D eigenvalue weighted by Gasteiger charge is -2.21. The number of H-pyrrole nitrogens is 1. The van der Waals surface area contributed by atoms with Crippen LogP contribution in [0.1, 0.15) is 18.7 Å². The minimum absolute atomic E-state index is 0.316. The van der Waals surface area contributed by atoms with Gasteiger partial charge in [0.1, 0.15) is 18.3 Å². The SMILES string of the molecule is CCOC1C(O)C(CO)OC1n1cc(C)c(=O)[nH]c1=O. The molecular weight excluding hydrogens is 268 g/mol. The number of rotatable bonds is 4. The highest BCUT2D eigenvalue weighted by atomic mass is 16.6. The highest BCUT2D eigenvalue weighted by Gasteiger charge is 2.45. The van der Waals surface area contributed by atoms with Crippen molar-refractivity contribution in [3.63, 3.8) is 0 Å². The summed E-state index contributed by atoms with van der Waals surface area (Å²) in [6.45, 7) is 3.23. The zero-order valence-corrected chi connectivity index (χ0v) is 11.3. The number of nitrogens with zero attached hydrogens (tertiary/aromatic N) is 1. The summed E-state index contributed by atoms with van der Waals surface area (Å²) in [6, 6.07) is 0. The Kier molecular flexibility index (Phi) is 4.39. The highest BCUT2D eigenvalue weighted by Crippen LogP contribution is 2.30. The van der Waals surface area contributed by atoms with E-state index in [2.05, 4.69) is 4.98 Å². The van der Waals surface area contributed by atoms with Crippen LogP contribution in [-0.2, 0) is 9.47 Å².